The number of ether oxygens (including phenoxy) is 1. The van der Waals surface area contributed by atoms with Crippen molar-refractivity contribution in [2.24, 2.45) is 0 Å². The Morgan fingerprint density at radius 2 is 2.00 bits per heavy atom. The smallest absolute Gasteiger partial charge is 0.121 e. The van der Waals surface area contributed by atoms with Crippen LogP contribution in [0.15, 0.2) is 0 Å². The lowest BCUT2D eigenvalue weighted by atomic mass is 10.5. The highest BCUT2D eigenvalue weighted by atomic mass is 16.7. The highest BCUT2D eigenvalue weighted by Gasteiger charge is 1.98. The molecule has 0 heterocycles. The Labute approximate surface area is 56.5 Å². The third kappa shape index (κ3) is 5.76. The van der Waals surface area contributed by atoms with Gasteiger partial charge in [-0.2, -0.15) is 5.06 Å². The number of nitrogens with zero attached hydrogens (tertiary/aromatic N) is 1. The molecule has 3 heteroatoms. The van der Waals surface area contributed by atoms with Crippen LogP contribution in [0.2, 0.25) is 0 Å². The lowest BCUT2D eigenvalue weighted by molar-refractivity contribution is -0.209. The molecule has 0 rings (SSSR count). The molecule has 9 heavy (non-hydrogen) atoms. The van der Waals surface area contributed by atoms with E-state index in [2.05, 4.69) is 0 Å². The van der Waals surface area contributed by atoms with Crippen LogP contribution in [0.1, 0.15) is 13.8 Å². The van der Waals surface area contributed by atoms with E-state index in [0.717, 1.165) is 0 Å². The third-order valence-corrected chi connectivity index (χ3v) is 0.702. The van der Waals surface area contributed by atoms with Crippen LogP contribution in [-0.4, -0.2) is 32.1 Å². The van der Waals surface area contributed by atoms with Gasteiger partial charge in [-0.15, -0.1) is 0 Å². The number of hydrogen-bond donors (Lipinski definition) is 0. The van der Waals surface area contributed by atoms with E-state index in [9.17, 15) is 0 Å². The molecule has 0 aromatic rings. The van der Waals surface area contributed by atoms with E-state index in [1.165, 1.54) is 0 Å². The van der Waals surface area contributed by atoms with Crippen molar-refractivity contribution < 1.29 is 9.57 Å². The summed E-state index contributed by atoms with van der Waals surface area (Å²) >= 11 is 0. The first-order valence-electron chi connectivity index (χ1n) is 3.03. The van der Waals surface area contributed by atoms with Crippen LogP contribution in [-0.2, 0) is 9.57 Å². The topological polar surface area (TPSA) is 21.7 Å². The molecular weight excluding hydrogens is 118 g/mol. The van der Waals surface area contributed by atoms with E-state index in [-0.39, 0.29) is 6.10 Å². The first kappa shape index (κ1) is 8.88. The SMILES string of the molecule is COCN(C)OC(C)C. The zero-order chi connectivity index (χ0) is 7.28. The number of hydrogen-bond acceptors (Lipinski definition) is 3. The van der Waals surface area contributed by atoms with Crippen molar-refractivity contribution >= 4 is 0 Å². The molecule has 0 saturated heterocycles. The van der Waals surface area contributed by atoms with Crippen LogP contribution in [0.4, 0.5) is 0 Å². The minimum Gasteiger partial charge on any atom is -0.367 e. The maximum atomic E-state index is 5.20. The lowest BCUT2D eigenvalue weighted by Crippen LogP contribution is -2.24. The first-order valence-corrected chi connectivity index (χ1v) is 3.03. The van der Waals surface area contributed by atoms with Gasteiger partial charge in [0.05, 0.1) is 6.10 Å². The van der Waals surface area contributed by atoms with Crippen LogP contribution >= 0.6 is 0 Å². The Morgan fingerprint density at radius 3 is 2.33 bits per heavy atom. The van der Waals surface area contributed by atoms with Gasteiger partial charge in [0.2, 0.25) is 0 Å². The second kappa shape index (κ2) is 4.73. The molecule has 0 aliphatic carbocycles. The minimum absolute atomic E-state index is 0.227. The third-order valence-electron chi connectivity index (χ3n) is 0.702. The van der Waals surface area contributed by atoms with Gasteiger partial charge in [-0.05, 0) is 13.8 Å². The van der Waals surface area contributed by atoms with E-state index in [1.807, 2.05) is 20.9 Å². The van der Waals surface area contributed by atoms with Crippen LogP contribution in [0.3, 0.4) is 0 Å². The summed E-state index contributed by atoms with van der Waals surface area (Å²) in [5, 5.41) is 1.66. The van der Waals surface area contributed by atoms with Gasteiger partial charge >= 0.3 is 0 Å². The van der Waals surface area contributed by atoms with Crippen LogP contribution < -0.4 is 0 Å². The van der Waals surface area contributed by atoms with Gasteiger partial charge in [0.1, 0.15) is 6.73 Å². The summed E-state index contributed by atoms with van der Waals surface area (Å²) in [4.78, 5) is 5.20. The molecule has 0 spiro atoms. The molecule has 0 bridgehead atoms. The Kier molecular flexibility index (Phi) is 4.67. The molecule has 0 aliphatic heterocycles. The van der Waals surface area contributed by atoms with Gasteiger partial charge in [-0.3, -0.25) is 4.84 Å². The van der Waals surface area contributed by atoms with E-state index < -0.39 is 0 Å². The average Bonchev–Trinajstić information content (AvgIpc) is 1.63. The zero-order valence-corrected chi connectivity index (χ0v) is 6.55. The number of hydroxylamine groups is 2. The van der Waals surface area contributed by atoms with Crippen molar-refractivity contribution in [1.29, 1.82) is 0 Å². The summed E-state index contributed by atoms with van der Waals surface area (Å²) in [6.07, 6.45) is 0.227. The van der Waals surface area contributed by atoms with Gasteiger partial charge in [-0.1, -0.05) is 0 Å². The van der Waals surface area contributed by atoms with Crippen molar-refractivity contribution in [3.63, 3.8) is 0 Å². The molecule has 0 unspecified atom stereocenters. The molecule has 0 saturated carbocycles. The predicted octanol–water partition coefficient (Wildman–Crippen LogP) is 0.862. The van der Waals surface area contributed by atoms with Crippen molar-refractivity contribution in [1.82, 2.24) is 5.06 Å². The largest absolute Gasteiger partial charge is 0.367 e. The molecule has 0 aliphatic rings. The van der Waals surface area contributed by atoms with Gasteiger partial charge in [-0.25, -0.2) is 0 Å². The van der Waals surface area contributed by atoms with Crippen molar-refractivity contribution in [3.05, 3.63) is 0 Å². The molecule has 0 fully saturated rings. The van der Waals surface area contributed by atoms with Crippen LogP contribution in [0.25, 0.3) is 0 Å². The fourth-order valence-corrected chi connectivity index (χ4v) is 0.572. The fourth-order valence-electron chi connectivity index (χ4n) is 0.572. The van der Waals surface area contributed by atoms with Crippen LogP contribution in [0.5, 0.6) is 0 Å². The quantitative estimate of drug-likeness (QED) is 0.419. The Balaban J connectivity index is 3.15. The van der Waals surface area contributed by atoms with Gasteiger partial charge in [0, 0.05) is 14.2 Å². The molecule has 0 atom stereocenters. The molecule has 3 nitrogen and oxygen atoms in total. The number of methoxy groups -OCH3 is 1. The zero-order valence-electron chi connectivity index (χ0n) is 6.55. The van der Waals surface area contributed by atoms with Crippen LogP contribution in [0, 0.1) is 0 Å². The molecular formula is C6H15NO2. The van der Waals surface area contributed by atoms with Crippen molar-refractivity contribution in [2.75, 3.05) is 20.9 Å². The Morgan fingerprint density at radius 1 is 1.44 bits per heavy atom. The number of rotatable bonds is 4. The summed E-state index contributed by atoms with van der Waals surface area (Å²) in [7, 11) is 3.48. The maximum absolute atomic E-state index is 5.20. The average molecular weight is 133 g/mol. The van der Waals surface area contributed by atoms with Gasteiger partial charge in [0.15, 0.2) is 0 Å². The molecule has 56 valence electrons. The van der Waals surface area contributed by atoms with E-state index >= 15 is 0 Å². The minimum atomic E-state index is 0.227. The van der Waals surface area contributed by atoms with Crippen molar-refractivity contribution in [2.45, 2.75) is 20.0 Å². The first-order chi connectivity index (χ1) is 4.16. The molecule has 0 amide bonds. The Bertz CT molecular complexity index is 66.1. The standard InChI is InChI=1S/C6H15NO2/c1-6(2)9-7(3)5-8-4/h6H,5H2,1-4H3. The summed E-state index contributed by atoms with van der Waals surface area (Å²) in [5.41, 5.74) is 0. The fraction of sp³-hybridized carbons (Fsp3) is 1.00. The van der Waals surface area contributed by atoms with E-state index in [4.69, 9.17) is 9.57 Å². The second-order valence-corrected chi connectivity index (χ2v) is 2.20. The monoisotopic (exact) mass is 133 g/mol. The maximum Gasteiger partial charge on any atom is 0.121 e. The van der Waals surface area contributed by atoms with E-state index in [1.54, 1.807) is 12.2 Å². The highest BCUT2D eigenvalue weighted by Crippen LogP contribution is 1.91. The summed E-state index contributed by atoms with van der Waals surface area (Å²) in [5.74, 6) is 0. The summed E-state index contributed by atoms with van der Waals surface area (Å²) in [6, 6.07) is 0. The molecule has 0 aromatic carbocycles. The summed E-state index contributed by atoms with van der Waals surface area (Å²) < 4.78 is 4.81. The molecule has 0 radical (unpaired) electrons. The van der Waals surface area contributed by atoms with E-state index in [0.29, 0.717) is 6.73 Å². The molecule has 0 aromatic heterocycles. The van der Waals surface area contributed by atoms with Gasteiger partial charge in [0.25, 0.3) is 0 Å². The normalized spacial score (nSPS) is 11.3. The molecule has 0 N–H and O–H groups in total. The Hall–Kier alpha value is -0.120. The van der Waals surface area contributed by atoms with Crippen molar-refractivity contribution in [3.8, 4) is 0 Å². The second-order valence-electron chi connectivity index (χ2n) is 2.20. The predicted molar refractivity (Wildman–Crippen MR) is 35.9 cm³/mol. The lowest BCUT2D eigenvalue weighted by Gasteiger charge is -2.17. The van der Waals surface area contributed by atoms with Gasteiger partial charge < -0.3 is 4.74 Å². The highest BCUT2D eigenvalue weighted by molar-refractivity contribution is 4.31. The summed E-state index contributed by atoms with van der Waals surface area (Å²) in [6.45, 7) is 4.47.